The number of hydrogen-bond donors (Lipinski definition) is 2. The van der Waals surface area contributed by atoms with Crippen molar-refractivity contribution in [1.29, 1.82) is 0 Å². The summed E-state index contributed by atoms with van der Waals surface area (Å²) in [7, 11) is 0. The number of amides is 2. The number of aryl methyl sites for hydroxylation is 1. The predicted molar refractivity (Wildman–Crippen MR) is 106 cm³/mol. The molecular formula is C21H31N3O3. The van der Waals surface area contributed by atoms with Crippen molar-refractivity contribution in [2.75, 3.05) is 18.4 Å². The summed E-state index contributed by atoms with van der Waals surface area (Å²) < 4.78 is 5.72. The van der Waals surface area contributed by atoms with Crippen LogP contribution in [0.3, 0.4) is 0 Å². The Morgan fingerprint density at radius 1 is 1.30 bits per heavy atom. The quantitative estimate of drug-likeness (QED) is 0.752. The number of carbonyl (C=O) groups excluding carboxylic acids is 2. The maximum atomic E-state index is 12.2. The monoisotopic (exact) mass is 373 g/mol. The molecule has 0 aliphatic carbocycles. The molecule has 1 fully saturated rings. The fourth-order valence-electron chi connectivity index (χ4n) is 4.04. The van der Waals surface area contributed by atoms with Crippen LogP contribution in [0.2, 0.25) is 0 Å². The van der Waals surface area contributed by atoms with Crippen LogP contribution in [0.15, 0.2) is 18.2 Å². The van der Waals surface area contributed by atoms with Gasteiger partial charge in [0, 0.05) is 25.2 Å². The molecule has 2 heterocycles. The molecule has 2 N–H and O–H groups in total. The molecule has 0 bridgehead atoms. The predicted octanol–water partition coefficient (Wildman–Crippen LogP) is 2.85. The van der Waals surface area contributed by atoms with E-state index in [1.165, 1.54) is 19.3 Å². The smallest absolute Gasteiger partial charge is 0.266 e. The maximum absolute atomic E-state index is 12.2. The summed E-state index contributed by atoms with van der Waals surface area (Å²) in [4.78, 5) is 26.9. The Morgan fingerprint density at radius 3 is 2.78 bits per heavy atom. The van der Waals surface area contributed by atoms with Gasteiger partial charge >= 0.3 is 0 Å². The largest absolute Gasteiger partial charge is 0.478 e. The van der Waals surface area contributed by atoms with Gasteiger partial charge in [0.1, 0.15) is 5.75 Å². The van der Waals surface area contributed by atoms with E-state index in [1.807, 2.05) is 25.1 Å². The molecule has 6 heteroatoms. The highest BCUT2D eigenvalue weighted by atomic mass is 16.5. The zero-order valence-electron chi connectivity index (χ0n) is 16.6. The lowest BCUT2D eigenvalue weighted by atomic mass is 9.97. The SMILES string of the molecule is Cc1ccc2c(c1)NC(=O)[C@H](CC(=O)NCCCN1[C@@H](C)CCC[C@@H]1C)O2. The number of likely N-dealkylation sites (tertiary alicyclic amines) is 1. The van der Waals surface area contributed by atoms with Gasteiger partial charge in [-0.1, -0.05) is 12.5 Å². The summed E-state index contributed by atoms with van der Waals surface area (Å²) in [6.07, 6.45) is 4.00. The third-order valence-electron chi connectivity index (χ3n) is 5.62. The maximum Gasteiger partial charge on any atom is 0.266 e. The van der Waals surface area contributed by atoms with Gasteiger partial charge in [0.15, 0.2) is 6.10 Å². The van der Waals surface area contributed by atoms with Crippen molar-refractivity contribution in [3.05, 3.63) is 23.8 Å². The normalized spacial score (nSPS) is 25.3. The van der Waals surface area contributed by atoms with Crippen LogP contribution in [-0.4, -0.2) is 48.0 Å². The second-order valence-electron chi connectivity index (χ2n) is 7.87. The molecule has 27 heavy (non-hydrogen) atoms. The fourth-order valence-corrected chi connectivity index (χ4v) is 4.04. The standard InChI is InChI=1S/C21H31N3O3/c1-14-8-9-18-17(12-14)23-21(26)19(27-18)13-20(25)22-10-5-11-24-15(2)6-4-7-16(24)3/h8-9,12,15-16,19H,4-7,10-11,13H2,1-3H3,(H,22,25)(H,23,26)/t15-,16-,19-/m0/s1. The lowest BCUT2D eigenvalue weighted by Gasteiger charge is -2.39. The van der Waals surface area contributed by atoms with Crippen LogP contribution in [0.1, 0.15) is 51.5 Å². The van der Waals surface area contributed by atoms with Crippen LogP contribution in [0.25, 0.3) is 0 Å². The van der Waals surface area contributed by atoms with Crippen molar-refractivity contribution in [3.8, 4) is 5.75 Å². The van der Waals surface area contributed by atoms with E-state index < -0.39 is 6.10 Å². The molecule has 1 saturated heterocycles. The number of rotatable bonds is 6. The Labute approximate surface area is 161 Å². The molecule has 1 aromatic rings. The number of piperidine rings is 1. The molecule has 6 nitrogen and oxygen atoms in total. The van der Waals surface area contributed by atoms with Gasteiger partial charge in [-0.2, -0.15) is 0 Å². The fraction of sp³-hybridized carbons (Fsp3) is 0.619. The Balaban J connectivity index is 1.42. The molecule has 0 radical (unpaired) electrons. The van der Waals surface area contributed by atoms with E-state index in [4.69, 9.17) is 4.74 Å². The zero-order chi connectivity index (χ0) is 19.4. The second kappa shape index (κ2) is 8.74. The minimum atomic E-state index is -0.776. The van der Waals surface area contributed by atoms with E-state index in [-0.39, 0.29) is 18.2 Å². The first-order chi connectivity index (χ1) is 12.9. The molecule has 148 valence electrons. The molecule has 2 aliphatic heterocycles. The van der Waals surface area contributed by atoms with E-state index in [0.29, 0.717) is 30.1 Å². The molecule has 0 spiro atoms. The minimum absolute atomic E-state index is 0.0374. The van der Waals surface area contributed by atoms with Gasteiger partial charge in [-0.15, -0.1) is 0 Å². The lowest BCUT2D eigenvalue weighted by molar-refractivity contribution is -0.130. The highest BCUT2D eigenvalue weighted by Gasteiger charge is 2.29. The van der Waals surface area contributed by atoms with E-state index in [2.05, 4.69) is 29.4 Å². The Bertz CT molecular complexity index is 681. The van der Waals surface area contributed by atoms with Gasteiger partial charge in [0.2, 0.25) is 5.91 Å². The van der Waals surface area contributed by atoms with Crippen LogP contribution in [-0.2, 0) is 9.59 Å². The van der Waals surface area contributed by atoms with Crippen LogP contribution < -0.4 is 15.4 Å². The topological polar surface area (TPSA) is 70.7 Å². The van der Waals surface area contributed by atoms with Crippen LogP contribution >= 0.6 is 0 Å². The lowest BCUT2D eigenvalue weighted by Crippen LogP contribution is -2.45. The zero-order valence-corrected chi connectivity index (χ0v) is 16.6. The van der Waals surface area contributed by atoms with Gasteiger partial charge in [-0.05, 0) is 57.7 Å². The number of fused-ring (bicyclic) bond motifs is 1. The van der Waals surface area contributed by atoms with Crippen molar-refractivity contribution in [2.24, 2.45) is 0 Å². The summed E-state index contributed by atoms with van der Waals surface area (Å²) in [5.74, 6) is 0.204. The Hall–Kier alpha value is -2.08. The van der Waals surface area contributed by atoms with Gasteiger partial charge < -0.3 is 15.4 Å². The number of carbonyl (C=O) groups is 2. The molecule has 3 atom stereocenters. The van der Waals surface area contributed by atoms with Gasteiger partial charge in [-0.3, -0.25) is 14.5 Å². The number of hydrogen-bond acceptors (Lipinski definition) is 4. The van der Waals surface area contributed by atoms with E-state index in [9.17, 15) is 9.59 Å². The summed E-state index contributed by atoms with van der Waals surface area (Å²) in [6, 6.07) is 6.86. The Kier molecular flexibility index (Phi) is 6.37. The van der Waals surface area contributed by atoms with E-state index in [1.54, 1.807) is 0 Å². The average molecular weight is 373 g/mol. The van der Waals surface area contributed by atoms with Crippen LogP contribution in [0.4, 0.5) is 5.69 Å². The first-order valence-electron chi connectivity index (χ1n) is 10.0. The van der Waals surface area contributed by atoms with Crippen molar-refractivity contribution in [2.45, 2.75) is 71.1 Å². The van der Waals surface area contributed by atoms with E-state index in [0.717, 1.165) is 18.5 Å². The first-order valence-corrected chi connectivity index (χ1v) is 10.0. The highest BCUT2D eigenvalue weighted by molar-refractivity contribution is 6.00. The van der Waals surface area contributed by atoms with Gasteiger partial charge in [0.25, 0.3) is 5.91 Å². The molecule has 3 rings (SSSR count). The molecule has 2 amide bonds. The number of benzene rings is 1. The third kappa shape index (κ3) is 5.01. The summed E-state index contributed by atoms with van der Waals surface area (Å²) in [6.45, 7) is 8.14. The second-order valence-corrected chi connectivity index (χ2v) is 7.87. The Morgan fingerprint density at radius 2 is 2.04 bits per heavy atom. The van der Waals surface area contributed by atoms with Crippen molar-refractivity contribution in [3.63, 3.8) is 0 Å². The number of nitrogens with one attached hydrogen (secondary N) is 2. The molecule has 0 unspecified atom stereocenters. The molecule has 0 saturated carbocycles. The van der Waals surface area contributed by atoms with Gasteiger partial charge in [-0.25, -0.2) is 0 Å². The summed E-state index contributed by atoms with van der Waals surface area (Å²) in [5.41, 5.74) is 1.72. The molecule has 2 aliphatic rings. The van der Waals surface area contributed by atoms with Crippen molar-refractivity contribution >= 4 is 17.5 Å². The third-order valence-corrected chi connectivity index (χ3v) is 5.62. The highest BCUT2D eigenvalue weighted by Crippen LogP contribution is 2.31. The number of ether oxygens (including phenoxy) is 1. The van der Waals surface area contributed by atoms with Crippen molar-refractivity contribution in [1.82, 2.24) is 10.2 Å². The summed E-state index contributed by atoms with van der Waals surface area (Å²) in [5, 5.41) is 5.75. The average Bonchev–Trinajstić information content (AvgIpc) is 2.61. The van der Waals surface area contributed by atoms with Gasteiger partial charge in [0.05, 0.1) is 12.1 Å². The molecular weight excluding hydrogens is 342 g/mol. The minimum Gasteiger partial charge on any atom is -0.478 e. The number of anilines is 1. The first kappa shape index (κ1) is 19.7. The van der Waals surface area contributed by atoms with Crippen LogP contribution in [0, 0.1) is 6.92 Å². The van der Waals surface area contributed by atoms with Crippen molar-refractivity contribution < 1.29 is 14.3 Å². The molecule has 1 aromatic carbocycles. The summed E-state index contributed by atoms with van der Waals surface area (Å²) >= 11 is 0. The van der Waals surface area contributed by atoms with Crippen LogP contribution in [0.5, 0.6) is 5.75 Å². The molecule has 0 aromatic heterocycles. The van der Waals surface area contributed by atoms with E-state index >= 15 is 0 Å². The number of nitrogens with zero attached hydrogens (tertiary/aromatic N) is 1.